The van der Waals surface area contributed by atoms with Gasteiger partial charge in [-0.25, -0.2) is 4.98 Å². The minimum Gasteiger partial charge on any atom is -0.391 e. The minimum atomic E-state index is -0.390. The highest BCUT2D eigenvalue weighted by Gasteiger charge is 2.27. The molecule has 1 aliphatic heterocycles. The molecule has 7 nitrogen and oxygen atoms in total. The molecule has 7 heteroatoms. The minimum absolute atomic E-state index is 0.0716. The van der Waals surface area contributed by atoms with E-state index in [9.17, 15) is 9.90 Å². The van der Waals surface area contributed by atoms with Crippen molar-refractivity contribution in [2.75, 3.05) is 19.6 Å². The van der Waals surface area contributed by atoms with E-state index < -0.39 is 0 Å². The van der Waals surface area contributed by atoms with Crippen molar-refractivity contribution in [3.63, 3.8) is 0 Å². The van der Waals surface area contributed by atoms with Crippen LogP contribution in [0.4, 0.5) is 0 Å². The van der Waals surface area contributed by atoms with E-state index in [2.05, 4.69) is 25.8 Å². The van der Waals surface area contributed by atoms with Gasteiger partial charge < -0.3 is 15.7 Å². The standard InChI is InChI=1S/C17H21N5O2/c23-14-9-18-7-13(14)8-19-17(24)12-5-3-11(4-6-12)16-20-15(21-22-16)10-1-2-10/h3-6,10,13-14,18,23H,1-2,7-9H2,(H,19,24)(H,20,21,22). The molecular formula is C17H21N5O2. The van der Waals surface area contributed by atoms with Crippen molar-refractivity contribution < 1.29 is 9.90 Å². The molecular weight excluding hydrogens is 306 g/mol. The van der Waals surface area contributed by atoms with E-state index in [1.165, 1.54) is 12.8 Å². The summed E-state index contributed by atoms with van der Waals surface area (Å²) < 4.78 is 0. The molecule has 1 aromatic carbocycles. The number of amides is 1. The maximum Gasteiger partial charge on any atom is 0.251 e. The number of β-amino-alcohol motifs (C(OH)–C–C–N with tert-alkyl or cyclic N) is 1. The molecule has 1 aliphatic carbocycles. The number of H-pyrrole nitrogens is 1. The molecule has 24 heavy (non-hydrogen) atoms. The fraction of sp³-hybridized carbons (Fsp3) is 0.471. The number of benzene rings is 1. The van der Waals surface area contributed by atoms with Crippen LogP contribution in [0.1, 0.15) is 34.9 Å². The molecule has 2 fully saturated rings. The molecule has 0 bridgehead atoms. The highest BCUT2D eigenvalue weighted by Crippen LogP contribution is 2.38. The van der Waals surface area contributed by atoms with Gasteiger partial charge in [0.2, 0.25) is 0 Å². The fourth-order valence-corrected chi connectivity index (χ4v) is 2.97. The van der Waals surface area contributed by atoms with Gasteiger partial charge in [0.25, 0.3) is 5.91 Å². The predicted octanol–water partition coefficient (Wildman–Crippen LogP) is 0.659. The molecule has 2 unspecified atom stereocenters. The summed E-state index contributed by atoms with van der Waals surface area (Å²) in [7, 11) is 0. The summed E-state index contributed by atoms with van der Waals surface area (Å²) in [5.41, 5.74) is 1.49. The number of carbonyl (C=O) groups excluding carboxylic acids is 1. The van der Waals surface area contributed by atoms with Crippen molar-refractivity contribution in [1.82, 2.24) is 25.8 Å². The van der Waals surface area contributed by atoms with E-state index in [0.717, 1.165) is 17.9 Å². The van der Waals surface area contributed by atoms with Gasteiger partial charge in [-0.05, 0) is 25.0 Å². The van der Waals surface area contributed by atoms with Crippen molar-refractivity contribution in [2.24, 2.45) is 5.92 Å². The van der Waals surface area contributed by atoms with Crippen molar-refractivity contribution in [3.8, 4) is 11.4 Å². The zero-order valence-corrected chi connectivity index (χ0v) is 13.3. The molecule has 2 heterocycles. The molecule has 1 amide bonds. The number of hydrogen-bond acceptors (Lipinski definition) is 5. The molecule has 2 aromatic rings. The Morgan fingerprint density at radius 3 is 2.71 bits per heavy atom. The van der Waals surface area contributed by atoms with Gasteiger partial charge in [-0.15, -0.1) is 0 Å². The zero-order valence-electron chi connectivity index (χ0n) is 13.3. The normalized spacial score (nSPS) is 23.4. The molecule has 126 valence electrons. The highest BCUT2D eigenvalue weighted by atomic mass is 16.3. The molecule has 1 saturated carbocycles. The molecule has 4 N–H and O–H groups in total. The van der Waals surface area contributed by atoms with Crippen LogP contribution in [0.3, 0.4) is 0 Å². The third kappa shape index (κ3) is 3.18. The summed E-state index contributed by atoms with van der Waals surface area (Å²) in [6, 6.07) is 7.28. The van der Waals surface area contributed by atoms with Gasteiger partial charge in [-0.1, -0.05) is 12.1 Å². The van der Waals surface area contributed by atoms with Crippen LogP contribution in [0, 0.1) is 5.92 Å². The number of aliphatic hydroxyl groups excluding tert-OH is 1. The summed E-state index contributed by atoms with van der Waals surface area (Å²) in [6.45, 7) is 1.80. The van der Waals surface area contributed by atoms with Crippen LogP contribution in [0.15, 0.2) is 24.3 Å². The second-order valence-corrected chi connectivity index (χ2v) is 6.59. The van der Waals surface area contributed by atoms with Gasteiger partial charge in [0.05, 0.1) is 6.10 Å². The Hall–Kier alpha value is -2.25. The van der Waals surface area contributed by atoms with Crippen molar-refractivity contribution >= 4 is 5.91 Å². The molecule has 2 aliphatic rings. The molecule has 0 spiro atoms. The lowest BCUT2D eigenvalue weighted by atomic mass is 10.1. The van der Waals surface area contributed by atoms with Gasteiger partial charge in [0, 0.05) is 42.6 Å². The van der Waals surface area contributed by atoms with E-state index in [1.807, 2.05) is 12.1 Å². The number of nitrogens with one attached hydrogen (secondary N) is 3. The van der Waals surface area contributed by atoms with Crippen LogP contribution in [0.2, 0.25) is 0 Å². The second-order valence-electron chi connectivity index (χ2n) is 6.59. The molecule has 1 aromatic heterocycles. The van der Waals surface area contributed by atoms with Crippen molar-refractivity contribution in [3.05, 3.63) is 35.7 Å². The topological polar surface area (TPSA) is 103 Å². The number of aromatic amines is 1. The van der Waals surface area contributed by atoms with Crippen molar-refractivity contribution in [1.29, 1.82) is 0 Å². The van der Waals surface area contributed by atoms with Crippen LogP contribution in [-0.4, -0.2) is 51.9 Å². The number of nitrogens with zero attached hydrogens (tertiary/aromatic N) is 2. The third-order valence-electron chi connectivity index (χ3n) is 4.70. The monoisotopic (exact) mass is 327 g/mol. The van der Waals surface area contributed by atoms with Crippen LogP contribution in [0.25, 0.3) is 11.4 Å². The van der Waals surface area contributed by atoms with Crippen LogP contribution < -0.4 is 10.6 Å². The summed E-state index contributed by atoms with van der Waals surface area (Å²) in [4.78, 5) is 16.7. The summed E-state index contributed by atoms with van der Waals surface area (Å²) in [6.07, 6.45) is 1.97. The Labute approximate surface area is 139 Å². The van der Waals surface area contributed by atoms with Gasteiger partial charge in [0.1, 0.15) is 5.82 Å². The van der Waals surface area contributed by atoms with Gasteiger partial charge in [-0.3, -0.25) is 9.89 Å². The van der Waals surface area contributed by atoms with E-state index in [4.69, 9.17) is 0 Å². The average Bonchev–Trinajstić information content (AvgIpc) is 3.19. The lowest BCUT2D eigenvalue weighted by Crippen LogP contribution is -2.34. The van der Waals surface area contributed by atoms with Gasteiger partial charge in [-0.2, -0.15) is 5.10 Å². The maximum absolute atomic E-state index is 12.2. The zero-order chi connectivity index (χ0) is 16.5. The van der Waals surface area contributed by atoms with Gasteiger partial charge in [0.15, 0.2) is 5.82 Å². The average molecular weight is 327 g/mol. The van der Waals surface area contributed by atoms with Crippen LogP contribution in [-0.2, 0) is 0 Å². The first-order valence-electron chi connectivity index (χ1n) is 8.40. The highest BCUT2D eigenvalue weighted by molar-refractivity contribution is 5.94. The molecule has 0 radical (unpaired) electrons. The van der Waals surface area contributed by atoms with Crippen LogP contribution in [0.5, 0.6) is 0 Å². The summed E-state index contributed by atoms with van der Waals surface area (Å²) >= 11 is 0. The first-order valence-corrected chi connectivity index (χ1v) is 8.40. The lowest BCUT2D eigenvalue weighted by molar-refractivity contribution is 0.0927. The Balaban J connectivity index is 1.38. The first kappa shape index (κ1) is 15.3. The number of hydrogen-bond donors (Lipinski definition) is 4. The number of aliphatic hydroxyl groups is 1. The maximum atomic E-state index is 12.2. The van der Waals surface area contributed by atoms with E-state index in [1.54, 1.807) is 12.1 Å². The second kappa shape index (κ2) is 6.33. The third-order valence-corrected chi connectivity index (χ3v) is 4.70. The fourth-order valence-electron chi connectivity index (χ4n) is 2.97. The lowest BCUT2D eigenvalue weighted by Gasteiger charge is -2.14. The SMILES string of the molecule is O=C(NCC1CNCC1O)c1ccc(-c2n[nH]c(C3CC3)n2)cc1. The number of rotatable bonds is 5. The Bertz CT molecular complexity index is 723. The molecule has 2 atom stereocenters. The molecule has 4 rings (SSSR count). The number of carbonyl (C=O) groups is 1. The molecule has 1 saturated heterocycles. The van der Waals surface area contributed by atoms with E-state index in [0.29, 0.717) is 30.4 Å². The van der Waals surface area contributed by atoms with Crippen LogP contribution >= 0.6 is 0 Å². The Morgan fingerprint density at radius 1 is 1.25 bits per heavy atom. The van der Waals surface area contributed by atoms with Gasteiger partial charge >= 0.3 is 0 Å². The smallest absolute Gasteiger partial charge is 0.251 e. The number of aromatic nitrogens is 3. The van der Waals surface area contributed by atoms with E-state index >= 15 is 0 Å². The Kier molecular flexibility index (Phi) is 4.03. The predicted molar refractivity (Wildman–Crippen MR) is 88.5 cm³/mol. The van der Waals surface area contributed by atoms with E-state index in [-0.39, 0.29) is 17.9 Å². The summed E-state index contributed by atoms with van der Waals surface area (Å²) in [5.74, 6) is 2.10. The van der Waals surface area contributed by atoms with Crippen molar-refractivity contribution in [2.45, 2.75) is 24.9 Å². The Morgan fingerprint density at radius 2 is 2.04 bits per heavy atom. The summed E-state index contributed by atoms with van der Waals surface area (Å²) in [5, 5.41) is 23.0. The largest absolute Gasteiger partial charge is 0.391 e. The first-order chi connectivity index (χ1) is 11.7. The quantitative estimate of drug-likeness (QED) is 0.646.